The second kappa shape index (κ2) is 14.5. The molecule has 0 spiro atoms. The molecule has 0 heterocycles. The van der Waals surface area contributed by atoms with Crippen molar-refractivity contribution in [3.8, 4) is 5.75 Å². The number of hydrogen-bond acceptors (Lipinski definition) is 5. The second-order valence-electron chi connectivity index (χ2n) is 8.68. The van der Waals surface area contributed by atoms with Gasteiger partial charge in [-0.05, 0) is 73.7 Å². The van der Waals surface area contributed by atoms with Gasteiger partial charge in [0.25, 0.3) is 11.8 Å². The number of carbonyl (C=O) groups excluding carboxylic acids is 3. The van der Waals surface area contributed by atoms with Crippen molar-refractivity contribution in [2.24, 2.45) is 0 Å². The molecule has 41 heavy (non-hydrogen) atoms. The molecule has 0 aliphatic carbocycles. The molecule has 0 atom stereocenters. The van der Waals surface area contributed by atoms with Crippen LogP contribution in [0.5, 0.6) is 5.75 Å². The zero-order valence-electron chi connectivity index (χ0n) is 22.2. The van der Waals surface area contributed by atoms with Gasteiger partial charge in [0, 0.05) is 27.4 Å². The van der Waals surface area contributed by atoms with Crippen LogP contribution in [-0.2, 0) is 9.59 Å². The molecule has 7 nitrogen and oxygen atoms in total. The van der Waals surface area contributed by atoms with Crippen LogP contribution in [-0.4, -0.2) is 30.1 Å². The Bertz CT molecular complexity index is 1540. The molecule has 3 N–H and O–H groups in total. The van der Waals surface area contributed by atoms with E-state index in [0.717, 1.165) is 10.6 Å². The van der Waals surface area contributed by atoms with Gasteiger partial charge in [-0.3, -0.25) is 14.4 Å². The summed E-state index contributed by atoms with van der Waals surface area (Å²) in [6.07, 6.45) is 1.29. The number of rotatable bonds is 11. The molecule has 0 bridgehead atoms. The van der Waals surface area contributed by atoms with E-state index in [-0.39, 0.29) is 22.9 Å². The van der Waals surface area contributed by atoms with Crippen LogP contribution in [0.15, 0.2) is 114 Å². The van der Waals surface area contributed by atoms with Gasteiger partial charge in [-0.1, -0.05) is 42.5 Å². The van der Waals surface area contributed by atoms with E-state index >= 15 is 0 Å². The lowest BCUT2D eigenvalue weighted by Crippen LogP contribution is -2.30. The van der Waals surface area contributed by atoms with Crippen LogP contribution in [0.4, 0.5) is 15.8 Å². The number of ether oxygens (including phenoxy) is 1. The number of hydrogen-bond donors (Lipinski definition) is 3. The summed E-state index contributed by atoms with van der Waals surface area (Å²) in [4.78, 5) is 39.2. The number of thioether (sulfide) groups is 1. The van der Waals surface area contributed by atoms with E-state index in [1.54, 1.807) is 78.9 Å². The number of benzene rings is 4. The maximum Gasteiger partial charge on any atom is 0.272 e. The molecule has 0 radical (unpaired) electrons. The topological polar surface area (TPSA) is 96.5 Å². The highest BCUT2D eigenvalue weighted by Gasteiger charge is 2.16. The van der Waals surface area contributed by atoms with Crippen molar-refractivity contribution in [3.63, 3.8) is 0 Å². The Balaban J connectivity index is 1.42. The van der Waals surface area contributed by atoms with Crippen LogP contribution in [0.3, 0.4) is 0 Å². The lowest BCUT2D eigenvalue weighted by Gasteiger charge is -2.12. The Labute approximate surface area is 241 Å². The predicted molar refractivity (Wildman–Crippen MR) is 160 cm³/mol. The second-order valence-corrected chi connectivity index (χ2v) is 9.72. The first-order valence-electron chi connectivity index (χ1n) is 12.8. The average molecular weight is 570 g/mol. The highest BCUT2D eigenvalue weighted by atomic mass is 32.2. The summed E-state index contributed by atoms with van der Waals surface area (Å²) < 4.78 is 19.8. The monoisotopic (exact) mass is 569 g/mol. The summed E-state index contributed by atoms with van der Waals surface area (Å²) in [5.41, 5.74) is 1.47. The molecular formula is C32H28FN3O4S. The molecule has 0 aromatic heterocycles. The lowest BCUT2D eigenvalue weighted by atomic mass is 10.1. The van der Waals surface area contributed by atoms with Gasteiger partial charge in [0.15, 0.2) is 0 Å². The van der Waals surface area contributed by atoms with Crippen LogP contribution >= 0.6 is 11.8 Å². The molecule has 0 saturated carbocycles. The third-order valence-corrected chi connectivity index (χ3v) is 6.64. The third kappa shape index (κ3) is 8.81. The standard InChI is InChI=1S/C32H28FN3O4S/c1-2-40-26-17-15-24(16-18-26)34-30(37)21-41-27-13-8-12-25(20-27)35-32(39)29(19-23-11-6-7-14-28(23)33)36-31(38)22-9-4-3-5-10-22/h3-20H,2,21H2,1H3,(H,34,37)(H,35,39)(H,36,38)/b29-19-. The van der Waals surface area contributed by atoms with E-state index in [1.807, 2.05) is 13.0 Å². The molecule has 4 aromatic rings. The summed E-state index contributed by atoms with van der Waals surface area (Å²) in [6, 6.07) is 28.4. The Morgan fingerprint density at radius 1 is 0.829 bits per heavy atom. The Morgan fingerprint density at radius 3 is 2.29 bits per heavy atom. The zero-order chi connectivity index (χ0) is 29.0. The van der Waals surface area contributed by atoms with Crippen LogP contribution in [0, 0.1) is 5.82 Å². The van der Waals surface area contributed by atoms with Crippen molar-refractivity contribution in [1.82, 2.24) is 5.32 Å². The van der Waals surface area contributed by atoms with Gasteiger partial charge >= 0.3 is 0 Å². The maximum absolute atomic E-state index is 14.4. The molecule has 208 valence electrons. The van der Waals surface area contributed by atoms with Crippen LogP contribution in [0.1, 0.15) is 22.8 Å². The van der Waals surface area contributed by atoms with Gasteiger partial charge in [-0.2, -0.15) is 0 Å². The van der Waals surface area contributed by atoms with Crippen LogP contribution in [0.2, 0.25) is 0 Å². The predicted octanol–water partition coefficient (Wildman–Crippen LogP) is 6.36. The quantitative estimate of drug-likeness (QED) is 0.144. The van der Waals surface area contributed by atoms with Gasteiger partial charge in [-0.15, -0.1) is 11.8 Å². The fourth-order valence-electron chi connectivity index (χ4n) is 3.70. The largest absolute Gasteiger partial charge is 0.494 e. The number of carbonyl (C=O) groups is 3. The summed E-state index contributed by atoms with van der Waals surface area (Å²) in [7, 11) is 0. The van der Waals surface area contributed by atoms with E-state index in [2.05, 4.69) is 16.0 Å². The van der Waals surface area contributed by atoms with Gasteiger partial charge in [0.2, 0.25) is 5.91 Å². The molecule has 0 fully saturated rings. The van der Waals surface area contributed by atoms with E-state index in [1.165, 1.54) is 36.0 Å². The summed E-state index contributed by atoms with van der Waals surface area (Å²) in [6.45, 7) is 2.46. The normalized spacial score (nSPS) is 10.9. The van der Waals surface area contributed by atoms with E-state index < -0.39 is 17.6 Å². The minimum Gasteiger partial charge on any atom is -0.494 e. The molecule has 3 amide bonds. The van der Waals surface area contributed by atoms with Gasteiger partial charge in [0.05, 0.1) is 12.4 Å². The number of amides is 3. The molecular weight excluding hydrogens is 541 g/mol. The fraction of sp³-hybridized carbons (Fsp3) is 0.0938. The Kier molecular flexibility index (Phi) is 10.3. The molecule has 0 saturated heterocycles. The molecule has 0 aliphatic heterocycles. The minimum atomic E-state index is -0.632. The first-order valence-corrected chi connectivity index (χ1v) is 13.8. The highest BCUT2D eigenvalue weighted by molar-refractivity contribution is 8.00. The van der Waals surface area contributed by atoms with Gasteiger partial charge < -0.3 is 20.7 Å². The molecule has 4 rings (SSSR count). The number of halogens is 1. The van der Waals surface area contributed by atoms with Crippen molar-refractivity contribution in [2.45, 2.75) is 11.8 Å². The van der Waals surface area contributed by atoms with Crippen molar-refractivity contribution in [3.05, 3.63) is 126 Å². The van der Waals surface area contributed by atoms with Crippen molar-refractivity contribution in [2.75, 3.05) is 23.0 Å². The van der Waals surface area contributed by atoms with Gasteiger partial charge in [0.1, 0.15) is 17.3 Å². The van der Waals surface area contributed by atoms with E-state index in [9.17, 15) is 18.8 Å². The minimum absolute atomic E-state index is 0.128. The smallest absolute Gasteiger partial charge is 0.272 e. The highest BCUT2D eigenvalue weighted by Crippen LogP contribution is 2.23. The summed E-state index contributed by atoms with van der Waals surface area (Å²) >= 11 is 1.30. The maximum atomic E-state index is 14.4. The Morgan fingerprint density at radius 2 is 1.56 bits per heavy atom. The van der Waals surface area contributed by atoms with Crippen molar-refractivity contribution in [1.29, 1.82) is 0 Å². The first-order chi connectivity index (χ1) is 19.9. The van der Waals surface area contributed by atoms with Crippen LogP contribution < -0.4 is 20.7 Å². The van der Waals surface area contributed by atoms with Gasteiger partial charge in [-0.25, -0.2) is 4.39 Å². The lowest BCUT2D eigenvalue weighted by molar-refractivity contribution is -0.114. The first kappa shape index (κ1) is 29.1. The molecule has 0 aliphatic rings. The van der Waals surface area contributed by atoms with Crippen LogP contribution in [0.25, 0.3) is 6.08 Å². The SMILES string of the molecule is CCOc1ccc(NC(=O)CSc2cccc(NC(=O)/C(=C/c3ccccc3F)NC(=O)c3ccccc3)c2)cc1. The number of nitrogens with one attached hydrogen (secondary N) is 3. The van der Waals surface area contributed by atoms with E-state index in [4.69, 9.17) is 4.74 Å². The summed E-state index contributed by atoms with van der Waals surface area (Å²) in [5, 5.41) is 8.19. The van der Waals surface area contributed by atoms with Crippen molar-refractivity contribution >= 4 is 46.9 Å². The molecule has 9 heteroatoms. The molecule has 0 unspecified atom stereocenters. The van der Waals surface area contributed by atoms with Crippen molar-refractivity contribution < 1.29 is 23.5 Å². The third-order valence-electron chi connectivity index (χ3n) is 5.64. The summed E-state index contributed by atoms with van der Waals surface area (Å²) in [5.74, 6) is -0.985. The number of anilines is 2. The zero-order valence-corrected chi connectivity index (χ0v) is 23.0. The van der Waals surface area contributed by atoms with E-state index in [0.29, 0.717) is 23.5 Å². The molecule has 4 aromatic carbocycles. The average Bonchev–Trinajstić information content (AvgIpc) is 2.98. The Hall–Kier alpha value is -4.89. The fourth-order valence-corrected chi connectivity index (χ4v) is 4.45.